The Kier molecular flexibility index (Phi) is 4.00. The highest BCUT2D eigenvalue weighted by Gasteiger charge is 2.29. The lowest BCUT2D eigenvalue weighted by Gasteiger charge is -2.22. The van der Waals surface area contributed by atoms with Crippen LogP contribution in [0.1, 0.15) is 17.5 Å². The normalized spacial score (nSPS) is 18.4. The van der Waals surface area contributed by atoms with E-state index < -0.39 is 0 Å². The van der Waals surface area contributed by atoms with Crippen molar-refractivity contribution < 1.29 is 4.74 Å². The molecule has 3 nitrogen and oxygen atoms in total. The molecule has 3 rings (SSSR count). The molecule has 104 valence electrons. The van der Waals surface area contributed by atoms with Gasteiger partial charge in [0, 0.05) is 6.42 Å². The second-order valence-electron chi connectivity index (χ2n) is 5.27. The fraction of sp³-hybridized carbons (Fsp3) is 0.294. The summed E-state index contributed by atoms with van der Waals surface area (Å²) in [6.45, 7) is 0. The maximum atomic E-state index is 6.01. The molecule has 0 aromatic heterocycles. The van der Waals surface area contributed by atoms with Crippen molar-refractivity contribution in [1.82, 2.24) is 5.43 Å². The van der Waals surface area contributed by atoms with Crippen molar-refractivity contribution in [2.45, 2.75) is 31.4 Å². The predicted octanol–water partition coefficient (Wildman–Crippen LogP) is 2.45. The van der Waals surface area contributed by atoms with Gasteiger partial charge < -0.3 is 4.74 Å². The third-order valence-electron chi connectivity index (χ3n) is 3.92. The third kappa shape index (κ3) is 2.84. The van der Waals surface area contributed by atoms with Crippen molar-refractivity contribution in [3.8, 4) is 5.75 Å². The molecular weight excluding hydrogens is 248 g/mol. The van der Waals surface area contributed by atoms with Crippen LogP contribution in [0.5, 0.6) is 5.75 Å². The largest absolute Gasteiger partial charge is 0.488 e. The topological polar surface area (TPSA) is 47.3 Å². The molecule has 20 heavy (non-hydrogen) atoms. The first-order chi connectivity index (χ1) is 9.86. The number of hydrogen-bond donors (Lipinski definition) is 2. The molecule has 0 saturated carbocycles. The molecular formula is C17H20N2O. The summed E-state index contributed by atoms with van der Waals surface area (Å²) < 4.78 is 6.01. The minimum Gasteiger partial charge on any atom is -0.488 e. The highest BCUT2D eigenvalue weighted by Crippen LogP contribution is 2.30. The molecule has 2 aromatic carbocycles. The summed E-state index contributed by atoms with van der Waals surface area (Å²) in [6.07, 6.45) is 3.03. The van der Waals surface area contributed by atoms with Crippen LogP contribution in [0.4, 0.5) is 0 Å². The molecule has 2 atom stereocenters. The molecule has 2 aromatic rings. The summed E-state index contributed by atoms with van der Waals surface area (Å²) in [5.41, 5.74) is 5.54. The Morgan fingerprint density at radius 2 is 1.85 bits per heavy atom. The Labute approximate surface area is 119 Å². The van der Waals surface area contributed by atoms with Gasteiger partial charge in [0.05, 0.1) is 6.04 Å². The van der Waals surface area contributed by atoms with Gasteiger partial charge in [-0.25, -0.2) is 0 Å². The lowest BCUT2D eigenvalue weighted by atomic mass is 9.98. The smallest absolute Gasteiger partial charge is 0.123 e. The third-order valence-corrected chi connectivity index (χ3v) is 3.92. The first kappa shape index (κ1) is 13.2. The van der Waals surface area contributed by atoms with E-state index in [2.05, 4.69) is 41.8 Å². The number of nitrogens with two attached hydrogens (primary N) is 1. The SMILES string of the molecule is NNC(CCc1ccccc1)C1Cc2ccccc2O1. The summed E-state index contributed by atoms with van der Waals surface area (Å²) in [5.74, 6) is 6.72. The average Bonchev–Trinajstić information content (AvgIpc) is 2.92. The number of hydrogen-bond acceptors (Lipinski definition) is 3. The minimum absolute atomic E-state index is 0.126. The molecule has 3 heteroatoms. The molecule has 1 aliphatic rings. The second kappa shape index (κ2) is 6.07. The first-order valence-corrected chi connectivity index (χ1v) is 7.11. The van der Waals surface area contributed by atoms with Gasteiger partial charge in [0.25, 0.3) is 0 Å². The number of ether oxygens (including phenoxy) is 1. The molecule has 3 N–H and O–H groups in total. The van der Waals surface area contributed by atoms with Crippen LogP contribution in [0.3, 0.4) is 0 Å². The zero-order chi connectivity index (χ0) is 13.8. The minimum atomic E-state index is 0.126. The summed E-state index contributed by atoms with van der Waals surface area (Å²) in [5, 5.41) is 0. The summed E-state index contributed by atoms with van der Waals surface area (Å²) in [7, 11) is 0. The highest BCUT2D eigenvalue weighted by atomic mass is 16.5. The van der Waals surface area contributed by atoms with E-state index in [0.717, 1.165) is 25.0 Å². The van der Waals surface area contributed by atoms with Crippen molar-refractivity contribution in [3.05, 3.63) is 65.7 Å². The van der Waals surface area contributed by atoms with Crippen LogP contribution in [0.2, 0.25) is 0 Å². The molecule has 0 aliphatic carbocycles. The lowest BCUT2D eigenvalue weighted by Crippen LogP contribution is -2.46. The summed E-state index contributed by atoms with van der Waals surface area (Å²) in [4.78, 5) is 0. The van der Waals surface area contributed by atoms with Gasteiger partial charge in [-0.2, -0.15) is 0 Å². The van der Waals surface area contributed by atoms with Crippen molar-refractivity contribution in [2.24, 2.45) is 5.84 Å². The van der Waals surface area contributed by atoms with E-state index in [-0.39, 0.29) is 12.1 Å². The molecule has 0 bridgehead atoms. The Bertz CT molecular complexity index is 531. The molecule has 1 aliphatic heterocycles. The van der Waals surface area contributed by atoms with E-state index in [1.54, 1.807) is 0 Å². The number of fused-ring (bicyclic) bond motifs is 1. The Morgan fingerprint density at radius 1 is 1.10 bits per heavy atom. The van der Waals surface area contributed by atoms with Crippen LogP contribution >= 0.6 is 0 Å². The first-order valence-electron chi connectivity index (χ1n) is 7.11. The molecule has 0 radical (unpaired) electrons. The van der Waals surface area contributed by atoms with Crippen LogP contribution in [0.25, 0.3) is 0 Å². The zero-order valence-electron chi connectivity index (χ0n) is 11.5. The maximum absolute atomic E-state index is 6.01. The van der Waals surface area contributed by atoms with Crippen molar-refractivity contribution in [1.29, 1.82) is 0 Å². The maximum Gasteiger partial charge on any atom is 0.123 e. The Morgan fingerprint density at radius 3 is 2.60 bits per heavy atom. The zero-order valence-corrected chi connectivity index (χ0v) is 11.5. The summed E-state index contributed by atoms with van der Waals surface area (Å²) in [6, 6.07) is 18.9. The van der Waals surface area contributed by atoms with Gasteiger partial charge in [0.1, 0.15) is 11.9 Å². The predicted molar refractivity (Wildman–Crippen MR) is 80.4 cm³/mol. The van der Waals surface area contributed by atoms with Crippen LogP contribution in [-0.4, -0.2) is 12.1 Å². The fourth-order valence-corrected chi connectivity index (χ4v) is 2.78. The standard InChI is InChI=1S/C17H20N2O/c18-19-15(11-10-13-6-2-1-3-7-13)17-12-14-8-4-5-9-16(14)20-17/h1-9,15,17,19H,10-12,18H2. The van der Waals surface area contributed by atoms with Gasteiger partial charge in [0.2, 0.25) is 0 Å². The van der Waals surface area contributed by atoms with E-state index in [1.807, 2.05) is 18.2 Å². The Balaban J connectivity index is 1.61. The van der Waals surface area contributed by atoms with Gasteiger partial charge in [0.15, 0.2) is 0 Å². The summed E-state index contributed by atoms with van der Waals surface area (Å²) >= 11 is 0. The second-order valence-corrected chi connectivity index (χ2v) is 5.27. The van der Waals surface area contributed by atoms with Gasteiger partial charge in [-0.1, -0.05) is 48.5 Å². The van der Waals surface area contributed by atoms with Gasteiger partial charge >= 0.3 is 0 Å². The molecule has 2 unspecified atom stereocenters. The van der Waals surface area contributed by atoms with E-state index in [4.69, 9.17) is 10.6 Å². The average molecular weight is 268 g/mol. The monoisotopic (exact) mass is 268 g/mol. The van der Waals surface area contributed by atoms with Crippen LogP contribution in [0, 0.1) is 0 Å². The number of hydrazine groups is 1. The number of para-hydroxylation sites is 1. The van der Waals surface area contributed by atoms with Crippen molar-refractivity contribution in [3.63, 3.8) is 0 Å². The van der Waals surface area contributed by atoms with Crippen molar-refractivity contribution in [2.75, 3.05) is 0 Å². The van der Waals surface area contributed by atoms with Crippen LogP contribution in [0.15, 0.2) is 54.6 Å². The number of aryl methyl sites for hydroxylation is 1. The lowest BCUT2D eigenvalue weighted by molar-refractivity contribution is 0.172. The Hall–Kier alpha value is -1.84. The molecule has 0 fully saturated rings. The molecule has 0 amide bonds. The number of benzene rings is 2. The van der Waals surface area contributed by atoms with E-state index in [0.29, 0.717) is 0 Å². The molecule has 0 spiro atoms. The number of nitrogens with one attached hydrogen (secondary N) is 1. The van der Waals surface area contributed by atoms with E-state index in [9.17, 15) is 0 Å². The van der Waals surface area contributed by atoms with Gasteiger partial charge in [-0.05, 0) is 30.0 Å². The van der Waals surface area contributed by atoms with E-state index >= 15 is 0 Å². The van der Waals surface area contributed by atoms with Crippen LogP contribution < -0.4 is 16.0 Å². The van der Waals surface area contributed by atoms with Gasteiger partial charge in [-0.15, -0.1) is 0 Å². The van der Waals surface area contributed by atoms with E-state index in [1.165, 1.54) is 11.1 Å². The van der Waals surface area contributed by atoms with Crippen LogP contribution in [-0.2, 0) is 12.8 Å². The number of rotatable bonds is 5. The van der Waals surface area contributed by atoms with Crippen molar-refractivity contribution >= 4 is 0 Å². The quantitative estimate of drug-likeness (QED) is 0.647. The van der Waals surface area contributed by atoms with Gasteiger partial charge in [-0.3, -0.25) is 11.3 Å². The molecule has 0 saturated heterocycles. The molecule has 1 heterocycles. The fourth-order valence-electron chi connectivity index (χ4n) is 2.78. The highest BCUT2D eigenvalue weighted by molar-refractivity contribution is 5.37.